The molecule has 2 bridgehead atoms. The molecule has 2 saturated heterocycles. The second kappa shape index (κ2) is 6.71. The van der Waals surface area contributed by atoms with Gasteiger partial charge < -0.3 is 9.80 Å². The Labute approximate surface area is 171 Å². The van der Waals surface area contributed by atoms with Gasteiger partial charge in [-0.25, -0.2) is 0 Å². The Kier molecular flexibility index (Phi) is 4.26. The summed E-state index contributed by atoms with van der Waals surface area (Å²) in [5.41, 5.74) is 2.39. The van der Waals surface area contributed by atoms with Crippen LogP contribution in [0.15, 0.2) is 36.4 Å². The van der Waals surface area contributed by atoms with E-state index in [0.717, 1.165) is 13.0 Å². The van der Waals surface area contributed by atoms with Gasteiger partial charge in [-0.2, -0.15) is 0 Å². The van der Waals surface area contributed by atoms with Gasteiger partial charge in [0.25, 0.3) is 0 Å². The zero-order valence-corrected chi connectivity index (χ0v) is 17.0. The number of hydrogen-bond donors (Lipinski definition) is 0. The van der Waals surface area contributed by atoms with Gasteiger partial charge in [0, 0.05) is 31.4 Å². The summed E-state index contributed by atoms with van der Waals surface area (Å²) in [6, 6.07) is 8.58. The Morgan fingerprint density at radius 3 is 2.38 bits per heavy atom. The molecule has 1 saturated carbocycles. The number of nitrogens with zero attached hydrogens (tertiary/aromatic N) is 3. The maximum Gasteiger partial charge on any atom is 0.242 e. The maximum absolute atomic E-state index is 12.9. The van der Waals surface area contributed by atoms with Gasteiger partial charge in [-0.05, 0) is 49.8 Å². The fourth-order valence-corrected chi connectivity index (χ4v) is 5.73. The lowest BCUT2D eigenvalue weighted by atomic mass is 9.85. The van der Waals surface area contributed by atoms with E-state index >= 15 is 0 Å². The van der Waals surface area contributed by atoms with Crippen LogP contribution in [0.4, 0.5) is 5.69 Å². The van der Waals surface area contributed by atoms with Crippen LogP contribution in [-0.4, -0.2) is 59.7 Å². The number of hydrogen-bond acceptors (Lipinski definition) is 4. The van der Waals surface area contributed by atoms with Crippen molar-refractivity contribution in [1.82, 2.24) is 9.80 Å². The Hall–Kier alpha value is -2.63. The minimum Gasteiger partial charge on any atom is -0.365 e. The van der Waals surface area contributed by atoms with Crippen LogP contribution >= 0.6 is 0 Å². The standard InChI is InChI=1S/C23H27N3O3/c1-14-4-3-5-18(10-14)25-9-8-24(12-15(25)2)19(27)13-26-22(28)20-16-6-7-17(11-16)21(20)23(26)29/h3-7,10,15-17,20-21H,8-9,11-13H2,1-2H3/t15?,16-,17+,20?,21?. The van der Waals surface area contributed by atoms with E-state index in [1.165, 1.54) is 16.2 Å². The highest BCUT2D eigenvalue weighted by Crippen LogP contribution is 2.52. The molecule has 2 heterocycles. The minimum atomic E-state index is -0.234. The molecule has 3 amide bonds. The highest BCUT2D eigenvalue weighted by atomic mass is 16.2. The number of piperazine rings is 1. The molecule has 2 aliphatic heterocycles. The van der Waals surface area contributed by atoms with E-state index in [1.54, 1.807) is 4.90 Å². The number of aryl methyl sites for hydroxylation is 1. The molecule has 0 spiro atoms. The molecule has 2 aliphatic carbocycles. The number of allylic oxidation sites excluding steroid dienone is 2. The van der Waals surface area contributed by atoms with Crippen molar-refractivity contribution in [2.24, 2.45) is 23.7 Å². The quantitative estimate of drug-likeness (QED) is 0.581. The van der Waals surface area contributed by atoms with Crippen molar-refractivity contribution in [3.63, 3.8) is 0 Å². The number of benzene rings is 1. The molecule has 4 aliphatic rings. The first-order chi connectivity index (χ1) is 13.9. The van der Waals surface area contributed by atoms with E-state index in [-0.39, 0.29) is 54.0 Å². The van der Waals surface area contributed by atoms with Crippen LogP contribution in [0.5, 0.6) is 0 Å². The lowest BCUT2D eigenvalue weighted by Crippen LogP contribution is -2.56. The largest absolute Gasteiger partial charge is 0.365 e. The zero-order chi connectivity index (χ0) is 20.3. The SMILES string of the molecule is Cc1cccc(N2CCN(C(=O)CN3C(=O)C4C(C3=O)[C@H]3C=C[C@@H]4C3)CC2C)c1. The molecule has 152 valence electrons. The number of rotatable bonds is 3. The zero-order valence-electron chi connectivity index (χ0n) is 17.0. The van der Waals surface area contributed by atoms with Crippen LogP contribution < -0.4 is 4.90 Å². The highest BCUT2D eigenvalue weighted by Gasteiger charge is 2.59. The Balaban J connectivity index is 1.24. The lowest BCUT2D eigenvalue weighted by Gasteiger charge is -2.41. The van der Waals surface area contributed by atoms with E-state index in [9.17, 15) is 14.4 Å². The third kappa shape index (κ3) is 2.88. The number of anilines is 1. The first-order valence-corrected chi connectivity index (χ1v) is 10.6. The van der Waals surface area contributed by atoms with Gasteiger partial charge in [0.2, 0.25) is 17.7 Å². The van der Waals surface area contributed by atoms with Crippen molar-refractivity contribution in [3.8, 4) is 0 Å². The third-order valence-electron chi connectivity index (χ3n) is 7.17. The number of carbonyl (C=O) groups excluding carboxylic acids is 3. The molecule has 0 N–H and O–H groups in total. The average Bonchev–Trinajstić information content (AvgIpc) is 3.38. The molecule has 1 aromatic carbocycles. The topological polar surface area (TPSA) is 60.9 Å². The predicted octanol–water partition coefficient (Wildman–Crippen LogP) is 1.84. The lowest BCUT2D eigenvalue weighted by molar-refractivity contribution is -0.147. The Morgan fingerprint density at radius 2 is 1.76 bits per heavy atom. The average molecular weight is 393 g/mol. The summed E-state index contributed by atoms with van der Waals surface area (Å²) in [7, 11) is 0. The molecular formula is C23H27N3O3. The molecular weight excluding hydrogens is 366 g/mol. The fraction of sp³-hybridized carbons (Fsp3) is 0.522. The molecule has 5 atom stereocenters. The number of likely N-dealkylation sites (tertiary alicyclic amines) is 1. The summed E-state index contributed by atoms with van der Waals surface area (Å²) in [6.45, 7) is 6.03. The first kappa shape index (κ1) is 18.4. The number of fused-ring (bicyclic) bond motifs is 5. The van der Waals surface area contributed by atoms with E-state index in [2.05, 4.69) is 55.2 Å². The summed E-state index contributed by atoms with van der Waals surface area (Å²) < 4.78 is 0. The van der Waals surface area contributed by atoms with Crippen LogP contribution in [0.3, 0.4) is 0 Å². The first-order valence-electron chi connectivity index (χ1n) is 10.6. The van der Waals surface area contributed by atoms with Crippen LogP contribution in [0.2, 0.25) is 0 Å². The van der Waals surface area contributed by atoms with Gasteiger partial charge in [0.1, 0.15) is 6.54 Å². The van der Waals surface area contributed by atoms with Crippen molar-refractivity contribution < 1.29 is 14.4 Å². The summed E-state index contributed by atoms with van der Waals surface area (Å²) in [5.74, 6) is -0.514. The van der Waals surface area contributed by atoms with Crippen molar-refractivity contribution >= 4 is 23.4 Å². The normalized spacial score (nSPS) is 33.0. The maximum atomic E-state index is 12.9. The van der Waals surface area contributed by atoms with Gasteiger partial charge >= 0.3 is 0 Å². The molecule has 5 rings (SSSR count). The number of imide groups is 1. The van der Waals surface area contributed by atoms with Gasteiger partial charge in [0.15, 0.2) is 0 Å². The smallest absolute Gasteiger partial charge is 0.242 e. The van der Waals surface area contributed by atoms with Crippen LogP contribution in [0.1, 0.15) is 18.9 Å². The second-order valence-electron chi connectivity index (χ2n) is 8.98. The molecule has 3 unspecified atom stereocenters. The molecule has 6 heteroatoms. The van der Waals surface area contributed by atoms with Gasteiger partial charge in [0.05, 0.1) is 11.8 Å². The summed E-state index contributed by atoms with van der Waals surface area (Å²) in [4.78, 5) is 44.0. The molecule has 1 aromatic rings. The van der Waals surface area contributed by atoms with E-state index in [1.807, 2.05) is 0 Å². The van der Waals surface area contributed by atoms with E-state index < -0.39 is 0 Å². The minimum absolute atomic E-state index is 0.110. The van der Waals surface area contributed by atoms with Crippen LogP contribution in [0, 0.1) is 30.6 Å². The highest BCUT2D eigenvalue weighted by molar-refractivity contribution is 6.08. The third-order valence-corrected chi connectivity index (χ3v) is 7.17. The molecule has 6 nitrogen and oxygen atoms in total. The fourth-order valence-electron chi connectivity index (χ4n) is 5.73. The van der Waals surface area contributed by atoms with Gasteiger partial charge in [-0.15, -0.1) is 0 Å². The second-order valence-corrected chi connectivity index (χ2v) is 8.98. The van der Waals surface area contributed by atoms with Gasteiger partial charge in [-0.1, -0.05) is 24.3 Å². The number of carbonyl (C=O) groups is 3. The van der Waals surface area contributed by atoms with Crippen molar-refractivity contribution in [1.29, 1.82) is 0 Å². The summed E-state index contributed by atoms with van der Waals surface area (Å²) in [6.07, 6.45) is 5.07. The van der Waals surface area contributed by atoms with E-state index in [0.29, 0.717) is 13.1 Å². The van der Waals surface area contributed by atoms with Crippen molar-refractivity contribution in [2.75, 3.05) is 31.1 Å². The van der Waals surface area contributed by atoms with Gasteiger partial charge in [-0.3, -0.25) is 19.3 Å². The molecule has 3 fully saturated rings. The van der Waals surface area contributed by atoms with Crippen molar-refractivity contribution in [3.05, 3.63) is 42.0 Å². The number of amides is 3. The molecule has 29 heavy (non-hydrogen) atoms. The molecule has 0 aromatic heterocycles. The van der Waals surface area contributed by atoms with E-state index in [4.69, 9.17) is 0 Å². The Bertz CT molecular complexity index is 880. The summed E-state index contributed by atoms with van der Waals surface area (Å²) in [5, 5.41) is 0. The predicted molar refractivity (Wildman–Crippen MR) is 109 cm³/mol. The monoisotopic (exact) mass is 393 g/mol. The Morgan fingerprint density at radius 1 is 1.07 bits per heavy atom. The van der Waals surface area contributed by atoms with Crippen LogP contribution in [0.25, 0.3) is 0 Å². The molecule has 0 radical (unpaired) electrons. The van der Waals surface area contributed by atoms with Crippen LogP contribution in [-0.2, 0) is 14.4 Å². The summed E-state index contributed by atoms with van der Waals surface area (Å²) >= 11 is 0. The van der Waals surface area contributed by atoms with Crippen molar-refractivity contribution in [2.45, 2.75) is 26.3 Å².